The lowest BCUT2D eigenvalue weighted by Crippen LogP contribution is -2.20. The molecule has 2 aromatic carbocycles. The molecular weight excluding hydrogens is 514 g/mol. The number of rotatable bonds is 6. The van der Waals surface area contributed by atoms with Crippen LogP contribution in [0, 0.1) is 5.82 Å². The Labute approximate surface area is 213 Å². The van der Waals surface area contributed by atoms with Crippen molar-refractivity contribution in [1.82, 2.24) is 15.0 Å². The number of nitrogens with one attached hydrogen (secondary N) is 2. The molecule has 0 radical (unpaired) electrons. The zero-order valence-electron chi connectivity index (χ0n) is 19.1. The van der Waals surface area contributed by atoms with E-state index < -0.39 is 23.6 Å². The van der Waals surface area contributed by atoms with Crippen molar-refractivity contribution < 1.29 is 27.1 Å². The monoisotopic (exact) mass is 531 g/mol. The van der Waals surface area contributed by atoms with E-state index in [9.17, 15) is 22.4 Å². The predicted octanol–water partition coefficient (Wildman–Crippen LogP) is 7.35. The van der Waals surface area contributed by atoms with Gasteiger partial charge >= 0.3 is 12.2 Å². The number of pyridine rings is 1. The maximum atomic E-state index is 13.6. The Morgan fingerprint density at radius 1 is 1.00 bits per heavy atom. The summed E-state index contributed by atoms with van der Waals surface area (Å²) < 4.78 is 58.2. The number of hydrogen-bond donors (Lipinski definition) is 2. The van der Waals surface area contributed by atoms with Crippen LogP contribution in [0.4, 0.5) is 33.7 Å². The van der Waals surface area contributed by atoms with E-state index in [1.807, 2.05) is 6.92 Å². The van der Waals surface area contributed by atoms with Crippen LogP contribution in [0.2, 0.25) is 5.02 Å². The van der Waals surface area contributed by atoms with Crippen molar-refractivity contribution in [3.8, 4) is 22.9 Å². The van der Waals surface area contributed by atoms with Crippen molar-refractivity contribution in [1.29, 1.82) is 0 Å². The maximum Gasteiger partial charge on any atom is 0.416 e. The van der Waals surface area contributed by atoms with E-state index in [-0.39, 0.29) is 28.0 Å². The van der Waals surface area contributed by atoms with Crippen LogP contribution in [-0.2, 0) is 12.6 Å². The first kappa shape index (κ1) is 25.8. The zero-order valence-corrected chi connectivity index (χ0v) is 19.9. The lowest BCUT2D eigenvalue weighted by Gasteiger charge is -2.13. The summed E-state index contributed by atoms with van der Waals surface area (Å²) in [6, 6.07) is 10.4. The Morgan fingerprint density at radius 2 is 1.78 bits per heavy atom. The average Bonchev–Trinajstić information content (AvgIpc) is 2.85. The predicted molar refractivity (Wildman–Crippen MR) is 130 cm³/mol. The highest BCUT2D eigenvalue weighted by Crippen LogP contribution is 2.35. The number of urea groups is 1. The minimum atomic E-state index is -4.77. The van der Waals surface area contributed by atoms with E-state index >= 15 is 0 Å². The molecule has 0 bridgehead atoms. The van der Waals surface area contributed by atoms with Gasteiger partial charge in [0.2, 0.25) is 5.88 Å². The number of aromatic nitrogens is 3. The summed E-state index contributed by atoms with van der Waals surface area (Å²) in [5, 5.41) is 4.71. The van der Waals surface area contributed by atoms with E-state index in [2.05, 4.69) is 25.6 Å². The van der Waals surface area contributed by atoms with Gasteiger partial charge < -0.3 is 15.4 Å². The third-order valence-electron chi connectivity index (χ3n) is 4.95. The third kappa shape index (κ3) is 6.50. The van der Waals surface area contributed by atoms with Gasteiger partial charge in [-0.15, -0.1) is 0 Å². The summed E-state index contributed by atoms with van der Waals surface area (Å²) in [7, 11) is 0. The summed E-state index contributed by atoms with van der Waals surface area (Å²) in [6.07, 6.45) is -0.922. The summed E-state index contributed by atoms with van der Waals surface area (Å²) in [4.78, 5) is 25.2. The minimum absolute atomic E-state index is 0.122. The van der Waals surface area contributed by atoms with E-state index in [1.54, 1.807) is 30.6 Å². The second-order valence-corrected chi connectivity index (χ2v) is 8.03. The van der Waals surface area contributed by atoms with E-state index in [1.165, 1.54) is 18.2 Å². The van der Waals surface area contributed by atoms with Crippen LogP contribution >= 0.6 is 11.6 Å². The van der Waals surface area contributed by atoms with Gasteiger partial charge in [0.05, 0.1) is 21.8 Å². The molecule has 4 rings (SSSR count). The van der Waals surface area contributed by atoms with Crippen LogP contribution in [-0.4, -0.2) is 21.0 Å². The number of alkyl halides is 3. The number of aryl methyl sites for hydroxylation is 1. The van der Waals surface area contributed by atoms with Gasteiger partial charge in [-0.25, -0.2) is 24.1 Å². The first-order valence-corrected chi connectivity index (χ1v) is 11.2. The fourth-order valence-electron chi connectivity index (χ4n) is 3.27. The fourth-order valence-corrected chi connectivity index (χ4v) is 3.49. The van der Waals surface area contributed by atoms with Gasteiger partial charge in [-0.2, -0.15) is 13.2 Å². The molecule has 12 heteroatoms. The molecule has 4 aromatic rings. The van der Waals surface area contributed by atoms with Crippen LogP contribution in [0.5, 0.6) is 11.6 Å². The molecule has 7 nitrogen and oxygen atoms in total. The Bertz CT molecular complexity index is 1450. The molecule has 0 saturated carbocycles. The normalized spacial score (nSPS) is 11.2. The van der Waals surface area contributed by atoms with Gasteiger partial charge in [0.1, 0.15) is 17.4 Å². The molecule has 2 heterocycles. The summed E-state index contributed by atoms with van der Waals surface area (Å²) in [6.45, 7) is 1.94. The fraction of sp³-hybridized carbons (Fsp3) is 0.120. The number of anilines is 2. The molecule has 0 fully saturated rings. The Hall–Kier alpha value is -4.25. The van der Waals surface area contributed by atoms with Crippen LogP contribution < -0.4 is 15.4 Å². The molecule has 2 aromatic heterocycles. The summed E-state index contributed by atoms with van der Waals surface area (Å²) in [5.74, 6) is -0.00386. The largest absolute Gasteiger partial charge is 0.437 e. The number of carbonyl (C=O) groups is 1. The lowest BCUT2D eigenvalue weighted by molar-refractivity contribution is -0.137. The Kier molecular flexibility index (Phi) is 7.53. The van der Waals surface area contributed by atoms with Gasteiger partial charge in [-0.05, 0) is 54.6 Å². The SMILES string of the molecule is CCc1nccc(-c2cccnc2Oc2ccc(NC(=O)Nc3cc(F)cc(C(F)(F)F)c3)cc2Cl)n1. The molecule has 0 saturated heterocycles. The van der Waals surface area contributed by atoms with E-state index in [0.717, 1.165) is 6.07 Å². The van der Waals surface area contributed by atoms with Crippen LogP contribution in [0.1, 0.15) is 18.3 Å². The lowest BCUT2D eigenvalue weighted by atomic mass is 10.2. The van der Waals surface area contributed by atoms with Crippen molar-refractivity contribution in [3.63, 3.8) is 0 Å². The molecule has 0 atom stereocenters. The van der Waals surface area contributed by atoms with Crippen LogP contribution in [0.25, 0.3) is 11.3 Å². The average molecular weight is 532 g/mol. The molecular formula is C25H18ClF4N5O2. The highest BCUT2D eigenvalue weighted by molar-refractivity contribution is 6.32. The first-order valence-electron chi connectivity index (χ1n) is 10.8. The number of amides is 2. The van der Waals surface area contributed by atoms with Gasteiger partial charge in [-0.3, -0.25) is 0 Å². The topological polar surface area (TPSA) is 89.0 Å². The number of benzene rings is 2. The standard InChI is InChI=1S/C25H18ClF4N5O2/c1-2-22-31-9-7-20(35-22)18-4-3-8-32-23(18)37-21-6-5-16(13-19(21)26)33-24(36)34-17-11-14(25(28,29)30)10-15(27)12-17/h3-13H,2H2,1H3,(H2,33,34,36). The second-order valence-electron chi connectivity index (χ2n) is 7.62. The number of nitrogens with zero attached hydrogens (tertiary/aromatic N) is 3. The van der Waals surface area contributed by atoms with Crippen molar-refractivity contribution >= 4 is 29.0 Å². The quantitative estimate of drug-likeness (QED) is 0.254. The third-order valence-corrected chi connectivity index (χ3v) is 5.24. The number of hydrogen-bond acceptors (Lipinski definition) is 5. The number of halogens is 5. The van der Waals surface area contributed by atoms with Gasteiger partial charge in [0, 0.05) is 30.2 Å². The molecule has 190 valence electrons. The first-order chi connectivity index (χ1) is 17.6. The van der Waals surface area contributed by atoms with Crippen molar-refractivity contribution in [3.05, 3.63) is 89.2 Å². The maximum absolute atomic E-state index is 13.6. The molecule has 2 N–H and O–H groups in total. The molecule has 0 unspecified atom stereocenters. The number of carbonyl (C=O) groups excluding carboxylic acids is 1. The van der Waals surface area contributed by atoms with Gasteiger partial charge in [0.15, 0.2) is 0 Å². The second kappa shape index (κ2) is 10.8. The Balaban J connectivity index is 1.49. The molecule has 0 aliphatic carbocycles. The smallest absolute Gasteiger partial charge is 0.416 e. The van der Waals surface area contributed by atoms with Gasteiger partial charge in [0.25, 0.3) is 0 Å². The minimum Gasteiger partial charge on any atom is -0.437 e. The van der Waals surface area contributed by atoms with E-state index in [4.69, 9.17) is 16.3 Å². The van der Waals surface area contributed by atoms with Crippen LogP contribution in [0.3, 0.4) is 0 Å². The van der Waals surface area contributed by atoms with Crippen molar-refractivity contribution in [2.75, 3.05) is 10.6 Å². The Morgan fingerprint density at radius 3 is 2.51 bits per heavy atom. The number of ether oxygens (including phenoxy) is 1. The van der Waals surface area contributed by atoms with Gasteiger partial charge in [-0.1, -0.05) is 18.5 Å². The highest BCUT2D eigenvalue weighted by Gasteiger charge is 2.31. The van der Waals surface area contributed by atoms with Crippen molar-refractivity contribution in [2.45, 2.75) is 19.5 Å². The molecule has 37 heavy (non-hydrogen) atoms. The highest BCUT2D eigenvalue weighted by atomic mass is 35.5. The van der Waals surface area contributed by atoms with Crippen molar-refractivity contribution in [2.24, 2.45) is 0 Å². The molecule has 2 amide bonds. The molecule has 0 spiro atoms. The summed E-state index contributed by atoms with van der Waals surface area (Å²) in [5.41, 5.74) is -0.145. The summed E-state index contributed by atoms with van der Waals surface area (Å²) >= 11 is 6.34. The molecule has 0 aliphatic heterocycles. The van der Waals surface area contributed by atoms with E-state index in [0.29, 0.717) is 35.6 Å². The zero-order chi connectivity index (χ0) is 26.6. The van der Waals surface area contributed by atoms with Crippen LogP contribution in [0.15, 0.2) is 67.0 Å². The molecule has 0 aliphatic rings.